The van der Waals surface area contributed by atoms with Crippen LogP contribution in [-0.4, -0.2) is 23.9 Å². The Kier molecular flexibility index (Phi) is 4.77. The van der Waals surface area contributed by atoms with Gasteiger partial charge in [-0.1, -0.05) is 25.3 Å². The summed E-state index contributed by atoms with van der Waals surface area (Å²) in [5, 5.41) is 2.16. The Balaban J connectivity index is 1.46. The summed E-state index contributed by atoms with van der Waals surface area (Å²) in [6, 6.07) is 4.38. The third-order valence-electron chi connectivity index (χ3n) is 4.98. The van der Waals surface area contributed by atoms with E-state index in [1.807, 2.05) is 11.3 Å². The maximum Gasteiger partial charge on any atom is 0.222 e. The summed E-state index contributed by atoms with van der Waals surface area (Å²) in [7, 11) is 0. The summed E-state index contributed by atoms with van der Waals surface area (Å²) in [6.07, 6.45) is 9.69. The maximum atomic E-state index is 12.4. The van der Waals surface area contributed by atoms with Crippen LogP contribution in [0.2, 0.25) is 0 Å². The molecule has 3 rings (SSSR count). The predicted molar refractivity (Wildman–Crippen MR) is 84.1 cm³/mol. The van der Waals surface area contributed by atoms with Gasteiger partial charge in [-0.2, -0.15) is 0 Å². The van der Waals surface area contributed by atoms with E-state index in [0.717, 1.165) is 32.4 Å². The molecule has 20 heavy (non-hydrogen) atoms. The molecule has 0 unspecified atom stereocenters. The Morgan fingerprint density at radius 1 is 1.15 bits per heavy atom. The Hall–Kier alpha value is -0.830. The minimum atomic E-state index is 0.418. The summed E-state index contributed by atoms with van der Waals surface area (Å²) in [6.45, 7) is 1.93. The Bertz CT molecular complexity index is 414. The second-order valence-electron chi connectivity index (χ2n) is 6.38. The van der Waals surface area contributed by atoms with Gasteiger partial charge in [0.1, 0.15) is 0 Å². The normalized spacial score (nSPS) is 22.1. The van der Waals surface area contributed by atoms with E-state index in [-0.39, 0.29) is 0 Å². The van der Waals surface area contributed by atoms with E-state index in [0.29, 0.717) is 17.7 Å². The van der Waals surface area contributed by atoms with Crippen LogP contribution < -0.4 is 0 Å². The molecule has 0 N–H and O–H groups in total. The van der Waals surface area contributed by atoms with Crippen LogP contribution in [0.3, 0.4) is 0 Å². The lowest BCUT2D eigenvalue weighted by atomic mass is 9.86. The van der Waals surface area contributed by atoms with Gasteiger partial charge in [0.05, 0.1) is 0 Å². The Morgan fingerprint density at radius 2 is 1.90 bits per heavy atom. The van der Waals surface area contributed by atoms with Crippen molar-refractivity contribution in [2.45, 2.75) is 57.3 Å². The molecule has 1 saturated carbocycles. The number of piperidine rings is 1. The molecule has 1 aromatic rings. The van der Waals surface area contributed by atoms with Crippen molar-refractivity contribution in [1.82, 2.24) is 4.90 Å². The lowest BCUT2D eigenvalue weighted by Gasteiger charge is -2.33. The number of amides is 1. The number of carbonyl (C=O) groups excluding carboxylic acids is 1. The van der Waals surface area contributed by atoms with Crippen LogP contribution in [0.5, 0.6) is 0 Å². The van der Waals surface area contributed by atoms with Gasteiger partial charge in [-0.25, -0.2) is 0 Å². The molecule has 2 aliphatic rings. The zero-order chi connectivity index (χ0) is 13.8. The molecule has 0 atom stereocenters. The lowest BCUT2D eigenvalue weighted by molar-refractivity contribution is -0.133. The zero-order valence-electron chi connectivity index (χ0n) is 12.2. The topological polar surface area (TPSA) is 20.3 Å². The van der Waals surface area contributed by atoms with E-state index in [2.05, 4.69) is 22.4 Å². The fourth-order valence-corrected chi connectivity index (χ4v) is 4.60. The fraction of sp³-hybridized carbons (Fsp3) is 0.706. The monoisotopic (exact) mass is 291 g/mol. The molecule has 1 aromatic heterocycles. The quantitative estimate of drug-likeness (QED) is 0.807. The van der Waals surface area contributed by atoms with E-state index in [4.69, 9.17) is 0 Å². The lowest BCUT2D eigenvalue weighted by Crippen LogP contribution is -2.38. The molecule has 1 amide bonds. The molecule has 1 saturated heterocycles. The molecule has 2 heterocycles. The molecule has 0 bridgehead atoms. The zero-order valence-corrected chi connectivity index (χ0v) is 13.0. The van der Waals surface area contributed by atoms with Crippen molar-refractivity contribution >= 4 is 17.2 Å². The van der Waals surface area contributed by atoms with Gasteiger partial charge in [-0.3, -0.25) is 4.79 Å². The smallest absolute Gasteiger partial charge is 0.222 e. The van der Waals surface area contributed by atoms with Crippen molar-refractivity contribution in [2.24, 2.45) is 5.92 Å². The molecule has 0 aromatic carbocycles. The number of likely N-dealkylation sites (tertiary alicyclic amines) is 1. The van der Waals surface area contributed by atoms with Gasteiger partial charge in [0.25, 0.3) is 0 Å². The van der Waals surface area contributed by atoms with E-state index in [9.17, 15) is 4.79 Å². The van der Waals surface area contributed by atoms with Gasteiger partial charge in [0.2, 0.25) is 5.91 Å². The molecule has 0 spiro atoms. The van der Waals surface area contributed by atoms with Crippen LogP contribution in [0.4, 0.5) is 0 Å². The van der Waals surface area contributed by atoms with Gasteiger partial charge in [0.15, 0.2) is 0 Å². The molecule has 2 fully saturated rings. The van der Waals surface area contributed by atoms with Crippen molar-refractivity contribution in [3.63, 3.8) is 0 Å². The second kappa shape index (κ2) is 6.75. The molecule has 0 radical (unpaired) electrons. The first-order valence-corrected chi connectivity index (χ1v) is 9.02. The number of hydrogen-bond donors (Lipinski definition) is 0. The summed E-state index contributed by atoms with van der Waals surface area (Å²) in [5.41, 5.74) is 0. The first-order chi connectivity index (χ1) is 9.83. The molecule has 2 nitrogen and oxygen atoms in total. The Morgan fingerprint density at radius 3 is 2.55 bits per heavy atom. The first-order valence-electron chi connectivity index (χ1n) is 8.14. The highest BCUT2D eigenvalue weighted by molar-refractivity contribution is 7.10. The number of rotatable bonds is 3. The number of hydrogen-bond acceptors (Lipinski definition) is 2. The average molecular weight is 291 g/mol. The van der Waals surface area contributed by atoms with Gasteiger partial charge < -0.3 is 4.90 Å². The Labute approximate surface area is 126 Å². The van der Waals surface area contributed by atoms with Crippen LogP contribution in [0.15, 0.2) is 17.5 Å². The third kappa shape index (κ3) is 3.43. The highest BCUT2D eigenvalue weighted by Gasteiger charge is 2.26. The number of carbonyl (C=O) groups is 1. The summed E-state index contributed by atoms with van der Waals surface area (Å²) in [4.78, 5) is 16.0. The average Bonchev–Trinajstić information content (AvgIpc) is 3.03. The molecule has 110 valence electrons. The predicted octanol–water partition coefficient (Wildman–Crippen LogP) is 4.42. The maximum absolute atomic E-state index is 12.4. The van der Waals surface area contributed by atoms with Crippen LogP contribution in [0.1, 0.15) is 62.2 Å². The summed E-state index contributed by atoms with van der Waals surface area (Å²) in [5.74, 6) is 1.78. The SMILES string of the molecule is O=C(CC1CCCCC1)N1CCC(c2cccs2)CC1. The van der Waals surface area contributed by atoms with Gasteiger partial charge in [-0.15, -0.1) is 11.3 Å². The number of nitrogens with zero attached hydrogens (tertiary/aromatic N) is 1. The molecule has 3 heteroatoms. The standard InChI is InChI=1S/C17H25NOS/c19-17(13-14-5-2-1-3-6-14)18-10-8-15(9-11-18)16-7-4-12-20-16/h4,7,12,14-15H,1-3,5-6,8-11,13H2. The summed E-state index contributed by atoms with van der Waals surface area (Å²) < 4.78 is 0. The van der Waals surface area contributed by atoms with Crippen molar-refractivity contribution in [2.75, 3.05) is 13.1 Å². The van der Waals surface area contributed by atoms with E-state index < -0.39 is 0 Å². The van der Waals surface area contributed by atoms with Crippen molar-refractivity contribution < 1.29 is 4.79 Å². The summed E-state index contributed by atoms with van der Waals surface area (Å²) >= 11 is 1.86. The van der Waals surface area contributed by atoms with Gasteiger partial charge >= 0.3 is 0 Å². The number of thiophene rings is 1. The first kappa shape index (κ1) is 14.1. The minimum absolute atomic E-state index is 0.418. The van der Waals surface area contributed by atoms with Crippen molar-refractivity contribution in [3.8, 4) is 0 Å². The van der Waals surface area contributed by atoms with Gasteiger partial charge in [-0.05, 0) is 49.0 Å². The second-order valence-corrected chi connectivity index (χ2v) is 7.36. The molecular weight excluding hydrogens is 266 g/mol. The van der Waals surface area contributed by atoms with E-state index >= 15 is 0 Å². The van der Waals surface area contributed by atoms with Crippen molar-refractivity contribution in [3.05, 3.63) is 22.4 Å². The molecule has 1 aliphatic carbocycles. The van der Waals surface area contributed by atoms with Crippen LogP contribution in [0.25, 0.3) is 0 Å². The van der Waals surface area contributed by atoms with E-state index in [1.165, 1.54) is 37.0 Å². The van der Waals surface area contributed by atoms with Crippen LogP contribution in [0, 0.1) is 5.92 Å². The largest absolute Gasteiger partial charge is 0.343 e. The third-order valence-corrected chi connectivity index (χ3v) is 6.02. The molecular formula is C17H25NOS. The minimum Gasteiger partial charge on any atom is -0.343 e. The highest BCUT2D eigenvalue weighted by atomic mass is 32.1. The van der Waals surface area contributed by atoms with Crippen molar-refractivity contribution in [1.29, 1.82) is 0 Å². The van der Waals surface area contributed by atoms with Crippen LogP contribution >= 0.6 is 11.3 Å². The molecule has 1 aliphatic heterocycles. The van der Waals surface area contributed by atoms with Gasteiger partial charge in [0, 0.05) is 24.4 Å². The van der Waals surface area contributed by atoms with Crippen LogP contribution in [-0.2, 0) is 4.79 Å². The van der Waals surface area contributed by atoms with E-state index in [1.54, 1.807) is 0 Å². The fourth-order valence-electron chi connectivity index (χ4n) is 3.70. The highest BCUT2D eigenvalue weighted by Crippen LogP contribution is 2.32.